The van der Waals surface area contributed by atoms with Crippen molar-refractivity contribution >= 4 is 11.7 Å². The zero-order valence-corrected chi connectivity index (χ0v) is 5.29. The summed E-state index contributed by atoms with van der Waals surface area (Å²) < 4.78 is 0. The molecule has 1 aromatic carbocycles. The maximum atomic E-state index is 10.3. The van der Waals surface area contributed by atoms with Crippen LogP contribution < -0.4 is 11.1 Å². The Bertz CT molecular complexity index is 220. The molecule has 0 fully saturated rings. The molecular formula is C7H7N2O. The van der Waals surface area contributed by atoms with E-state index in [0.29, 0.717) is 5.69 Å². The minimum absolute atomic E-state index is 0.556. The number of carbonyl (C=O) groups is 1. The molecule has 2 amide bonds. The van der Waals surface area contributed by atoms with Gasteiger partial charge in [0, 0.05) is 5.69 Å². The second-order valence-corrected chi connectivity index (χ2v) is 1.78. The molecule has 3 N–H and O–H groups in total. The lowest BCUT2D eigenvalue weighted by atomic mass is 10.3. The van der Waals surface area contributed by atoms with Crippen molar-refractivity contribution in [3.63, 3.8) is 0 Å². The van der Waals surface area contributed by atoms with E-state index >= 15 is 0 Å². The van der Waals surface area contributed by atoms with Gasteiger partial charge in [-0.15, -0.1) is 0 Å². The summed E-state index contributed by atoms with van der Waals surface area (Å²) in [7, 11) is 0. The average Bonchev–Trinajstić information content (AvgIpc) is 1.88. The Morgan fingerprint density at radius 1 is 1.70 bits per heavy atom. The molecule has 0 atom stereocenters. The minimum atomic E-state index is -0.556. The van der Waals surface area contributed by atoms with Crippen molar-refractivity contribution < 1.29 is 4.79 Å². The summed E-state index contributed by atoms with van der Waals surface area (Å²) in [5.41, 5.74) is 5.52. The van der Waals surface area contributed by atoms with Crippen LogP contribution in [0.2, 0.25) is 0 Å². The molecule has 1 radical (unpaired) electrons. The number of primary amides is 1. The van der Waals surface area contributed by atoms with Gasteiger partial charge in [-0.25, -0.2) is 4.79 Å². The van der Waals surface area contributed by atoms with Gasteiger partial charge in [0.15, 0.2) is 0 Å². The highest BCUT2D eigenvalue weighted by molar-refractivity contribution is 5.87. The lowest BCUT2D eigenvalue weighted by molar-refractivity contribution is 0.259. The van der Waals surface area contributed by atoms with Gasteiger partial charge in [0.05, 0.1) is 0 Å². The molecule has 0 unspecified atom stereocenters. The summed E-state index contributed by atoms with van der Waals surface area (Å²) in [6.45, 7) is 0. The Labute approximate surface area is 58.8 Å². The fourth-order valence-corrected chi connectivity index (χ4v) is 0.613. The maximum Gasteiger partial charge on any atom is 0.316 e. The number of amides is 2. The number of hydrogen-bond donors (Lipinski definition) is 2. The Hall–Kier alpha value is -1.51. The molecule has 0 aliphatic rings. The summed E-state index contributed by atoms with van der Waals surface area (Å²) in [5.74, 6) is 0. The van der Waals surface area contributed by atoms with E-state index in [4.69, 9.17) is 5.73 Å². The van der Waals surface area contributed by atoms with Gasteiger partial charge in [0.2, 0.25) is 0 Å². The topological polar surface area (TPSA) is 55.1 Å². The molecule has 0 aliphatic carbocycles. The SMILES string of the molecule is NC(=O)Nc1c[c]ccc1. The molecule has 0 aromatic heterocycles. The number of urea groups is 1. The Balaban J connectivity index is 2.67. The monoisotopic (exact) mass is 135 g/mol. The van der Waals surface area contributed by atoms with Crippen molar-refractivity contribution in [2.24, 2.45) is 5.73 Å². The van der Waals surface area contributed by atoms with Gasteiger partial charge in [-0.2, -0.15) is 0 Å². The van der Waals surface area contributed by atoms with Gasteiger partial charge >= 0.3 is 6.03 Å². The van der Waals surface area contributed by atoms with E-state index in [1.54, 1.807) is 24.3 Å². The lowest BCUT2D eigenvalue weighted by Gasteiger charge is -1.97. The highest BCUT2D eigenvalue weighted by atomic mass is 16.2. The molecule has 1 aromatic rings. The van der Waals surface area contributed by atoms with Crippen molar-refractivity contribution in [1.82, 2.24) is 0 Å². The third-order valence-corrected chi connectivity index (χ3v) is 0.975. The molecule has 51 valence electrons. The first kappa shape index (κ1) is 6.61. The zero-order valence-electron chi connectivity index (χ0n) is 5.29. The summed E-state index contributed by atoms with van der Waals surface area (Å²) in [6.07, 6.45) is 0. The van der Waals surface area contributed by atoms with Gasteiger partial charge in [-0.3, -0.25) is 0 Å². The number of nitrogens with one attached hydrogen (secondary N) is 1. The van der Waals surface area contributed by atoms with E-state index in [9.17, 15) is 4.79 Å². The van der Waals surface area contributed by atoms with Gasteiger partial charge in [-0.1, -0.05) is 12.1 Å². The summed E-state index contributed by atoms with van der Waals surface area (Å²) in [4.78, 5) is 10.3. The van der Waals surface area contributed by atoms with Crippen LogP contribution in [0.1, 0.15) is 0 Å². The molecule has 0 spiro atoms. The Morgan fingerprint density at radius 3 is 3.00 bits per heavy atom. The number of anilines is 1. The van der Waals surface area contributed by atoms with E-state index < -0.39 is 6.03 Å². The van der Waals surface area contributed by atoms with Crippen LogP contribution in [0, 0.1) is 6.07 Å². The standard InChI is InChI=1S/C7H7N2O/c8-7(10)9-6-4-2-1-3-5-6/h1-2,4-5H,(H3,8,9,10). The van der Waals surface area contributed by atoms with Gasteiger partial charge in [0.25, 0.3) is 0 Å². The molecule has 0 aliphatic heterocycles. The van der Waals surface area contributed by atoms with Crippen LogP contribution in [-0.4, -0.2) is 6.03 Å². The van der Waals surface area contributed by atoms with Gasteiger partial charge in [0.1, 0.15) is 0 Å². The minimum Gasteiger partial charge on any atom is -0.351 e. The number of carbonyl (C=O) groups excluding carboxylic acids is 1. The predicted octanol–water partition coefficient (Wildman–Crippen LogP) is 0.977. The number of hydrogen-bond acceptors (Lipinski definition) is 1. The van der Waals surface area contributed by atoms with E-state index in [2.05, 4.69) is 11.4 Å². The molecule has 10 heavy (non-hydrogen) atoms. The maximum absolute atomic E-state index is 10.3. The van der Waals surface area contributed by atoms with Crippen LogP contribution in [-0.2, 0) is 0 Å². The van der Waals surface area contributed by atoms with Gasteiger partial charge < -0.3 is 11.1 Å². The number of rotatable bonds is 1. The largest absolute Gasteiger partial charge is 0.351 e. The van der Waals surface area contributed by atoms with Crippen molar-refractivity contribution in [3.8, 4) is 0 Å². The van der Waals surface area contributed by atoms with Crippen LogP contribution in [0.3, 0.4) is 0 Å². The van der Waals surface area contributed by atoms with E-state index in [1.165, 1.54) is 0 Å². The highest BCUT2D eigenvalue weighted by Gasteiger charge is 1.90. The van der Waals surface area contributed by atoms with Crippen LogP contribution >= 0.6 is 0 Å². The third kappa shape index (κ3) is 1.78. The van der Waals surface area contributed by atoms with Crippen LogP contribution in [0.15, 0.2) is 24.3 Å². The van der Waals surface area contributed by atoms with E-state index in [-0.39, 0.29) is 0 Å². The van der Waals surface area contributed by atoms with Crippen molar-refractivity contribution in [1.29, 1.82) is 0 Å². The molecule has 3 nitrogen and oxygen atoms in total. The van der Waals surface area contributed by atoms with Crippen molar-refractivity contribution in [2.45, 2.75) is 0 Å². The van der Waals surface area contributed by atoms with Crippen molar-refractivity contribution in [2.75, 3.05) is 5.32 Å². The fourth-order valence-electron chi connectivity index (χ4n) is 0.613. The fraction of sp³-hybridized carbons (Fsp3) is 0. The first-order chi connectivity index (χ1) is 4.79. The number of benzene rings is 1. The zero-order chi connectivity index (χ0) is 7.40. The number of nitrogens with two attached hydrogens (primary N) is 1. The average molecular weight is 135 g/mol. The molecule has 0 bridgehead atoms. The molecule has 3 heteroatoms. The van der Waals surface area contributed by atoms with E-state index in [0.717, 1.165) is 0 Å². The summed E-state index contributed by atoms with van der Waals surface area (Å²) >= 11 is 0. The quantitative estimate of drug-likeness (QED) is 0.592. The normalized spacial score (nSPS) is 8.80. The van der Waals surface area contributed by atoms with Crippen LogP contribution in [0.4, 0.5) is 10.5 Å². The summed E-state index contributed by atoms with van der Waals surface area (Å²) in [5, 5.41) is 2.41. The highest BCUT2D eigenvalue weighted by Crippen LogP contribution is 2.02. The molecule has 0 heterocycles. The second-order valence-electron chi connectivity index (χ2n) is 1.78. The molecular weight excluding hydrogens is 128 g/mol. The molecule has 0 saturated carbocycles. The Kier molecular flexibility index (Phi) is 1.89. The van der Waals surface area contributed by atoms with E-state index in [1.807, 2.05) is 0 Å². The first-order valence-electron chi connectivity index (χ1n) is 2.81. The third-order valence-electron chi connectivity index (χ3n) is 0.975. The second kappa shape index (κ2) is 2.87. The van der Waals surface area contributed by atoms with Gasteiger partial charge in [-0.05, 0) is 18.2 Å². The lowest BCUT2D eigenvalue weighted by Crippen LogP contribution is -2.18. The first-order valence-corrected chi connectivity index (χ1v) is 2.81. The van der Waals surface area contributed by atoms with Crippen molar-refractivity contribution in [3.05, 3.63) is 30.3 Å². The van der Waals surface area contributed by atoms with Crippen LogP contribution in [0.5, 0.6) is 0 Å². The smallest absolute Gasteiger partial charge is 0.316 e. The molecule has 0 saturated heterocycles. The molecule has 1 rings (SSSR count). The summed E-state index contributed by atoms with van der Waals surface area (Å²) in [6, 6.07) is 9.13. The predicted molar refractivity (Wildman–Crippen MR) is 38.5 cm³/mol. The van der Waals surface area contributed by atoms with Crippen LogP contribution in [0.25, 0.3) is 0 Å². The Morgan fingerprint density at radius 2 is 2.50 bits per heavy atom.